The highest BCUT2D eigenvalue weighted by Gasteiger charge is 2.25. The van der Waals surface area contributed by atoms with E-state index in [2.05, 4.69) is 5.32 Å². The lowest BCUT2D eigenvalue weighted by atomic mass is 10.0. The third kappa shape index (κ3) is 5.90. The predicted molar refractivity (Wildman–Crippen MR) is 116 cm³/mol. The second-order valence-electron chi connectivity index (χ2n) is 7.68. The Labute approximate surface area is 179 Å². The molecule has 30 heavy (non-hydrogen) atoms. The highest BCUT2D eigenvalue weighted by molar-refractivity contribution is 7.89. The summed E-state index contributed by atoms with van der Waals surface area (Å²) < 4.78 is 27.0. The highest BCUT2D eigenvalue weighted by atomic mass is 32.2. The zero-order valence-corrected chi connectivity index (χ0v) is 18.0. The van der Waals surface area contributed by atoms with Crippen LogP contribution in [0.4, 0.5) is 0 Å². The van der Waals surface area contributed by atoms with Gasteiger partial charge in [-0.15, -0.1) is 0 Å². The maximum atomic E-state index is 12.7. The summed E-state index contributed by atoms with van der Waals surface area (Å²) in [6.07, 6.45) is 4.30. The smallest absolute Gasteiger partial charge is 0.243 e. The van der Waals surface area contributed by atoms with Crippen LogP contribution in [-0.4, -0.2) is 43.4 Å². The maximum Gasteiger partial charge on any atom is 0.243 e. The van der Waals surface area contributed by atoms with Gasteiger partial charge in [0.25, 0.3) is 0 Å². The molecule has 1 aliphatic heterocycles. The zero-order chi connectivity index (χ0) is 21.4. The fourth-order valence-electron chi connectivity index (χ4n) is 3.77. The molecule has 6 nitrogen and oxygen atoms in total. The van der Waals surface area contributed by atoms with Crippen LogP contribution in [0.3, 0.4) is 0 Å². The molecule has 2 aromatic rings. The summed E-state index contributed by atoms with van der Waals surface area (Å²) in [5.41, 5.74) is 1.77. The number of carbonyl (C=O) groups is 1. The van der Waals surface area contributed by atoms with Gasteiger partial charge in [-0.2, -0.15) is 4.31 Å². The summed E-state index contributed by atoms with van der Waals surface area (Å²) in [5, 5.41) is 12.2. The Hall–Kier alpha value is -2.22. The minimum absolute atomic E-state index is 0.0756. The lowest BCUT2D eigenvalue weighted by Crippen LogP contribution is -2.35. The molecule has 0 saturated carbocycles. The summed E-state index contributed by atoms with van der Waals surface area (Å²) in [7, 11) is -3.46. The first-order valence-electron chi connectivity index (χ1n) is 10.5. The van der Waals surface area contributed by atoms with Gasteiger partial charge in [0.15, 0.2) is 0 Å². The number of aliphatic hydroxyl groups is 1. The number of aliphatic hydroxyl groups excluding tert-OH is 1. The normalized spacial score (nSPS) is 16.2. The number of nitrogens with one attached hydrogen (secondary N) is 1. The van der Waals surface area contributed by atoms with Gasteiger partial charge in [-0.1, -0.05) is 48.9 Å². The molecular formula is C23H30N2O4S. The van der Waals surface area contributed by atoms with Crippen molar-refractivity contribution in [2.24, 2.45) is 0 Å². The Morgan fingerprint density at radius 3 is 2.30 bits per heavy atom. The summed E-state index contributed by atoms with van der Waals surface area (Å²) >= 11 is 0. The number of benzene rings is 2. The third-order valence-electron chi connectivity index (χ3n) is 5.43. The van der Waals surface area contributed by atoms with Crippen LogP contribution in [-0.2, 0) is 21.2 Å². The SMILES string of the molecule is O=C(Cc1ccc(S(=O)(=O)N2CCCCC2)cc1)N[C@@H](CCCO)c1ccccc1. The van der Waals surface area contributed by atoms with Crippen LogP contribution in [0.15, 0.2) is 59.5 Å². The quantitative estimate of drug-likeness (QED) is 0.640. The first-order valence-corrected chi connectivity index (χ1v) is 12.0. The number of hydrogen-bond acceptors (Lipinski definition) is 4. The second-order valence-corrected chi connectivity index (χ2v) is 9.62. The molecule has 7 heteroatoms. The molecule has 0 bridgehead atoms. The molecular weight excluding hydrogens is 400 g/mol. The van der Waals surface area contributed by atoms with Gasteiger partial charge >= 0.3 is 0 Å². The van der Waals surface area contributed by atoms with Gasteiger partial charge in [-0.05, 0) is 48.9 Å². The van der Waals surface area contributed by atoms with Crippen LogP contribution in [0, 0.1) is 0 Å². The lowest BCUT2D eigenvalue weighted by molar-refractivity contribution is -0.121. The first kappa shape index (κ1) is 22.5. The standard InChI is InChI=1S/C23H30N2O4S/c26-17-7-10-22(20-8-3-1-4-9-20)24-23(27)18-19-11-13-21(14-12-19)30(28,29)25-15-5-2-6-16-25/h1,3-4,8-9,11-14,22,26H,2,5-7,10,15-18H2,(H,24,27)/t22-/m0/s1. The Morgan fingerprint density at radius 1 is 1.00 bits per heavy atom. The Morgan fingerprint density at radius 2 is 1.67 bits per heavy atom. The Bertz CT molecular complexity index is 908. The van der Waals surface area contributed by atoms with Crippen LogP contribution < -0.4 is 5.32 Å². The molecule has 162 valence electrons. The van der Waals surface area contributed by atoms with Crippen molar-refractivity contribution >= 4 is 15.9 Å². The first-order chi connectivity index (χ1) is 14.5. The molecule has 1 saturated heterocycles. The number of amides is 1. The average molecular weight is 431 g/mol. The van der Waals surface area contributed by atoms with Crippen LogP contribution in [0.2, 0.25) is 0 Å². The topological polar surface area (TPSA) is 86.7 Å². The molecule has 1 amide bonds. The molecule has 1 fully saturated rings. The van der Waals surface area contributed by atoms with E-state index in [1.165, 1.54) is 0 Å². The van der Waals surface area contributed by atoms with Crippen LogP contribution in [0.5, 0.6) is 0 Å². The van der Waals surface area contributed by atoms with Crippen LogP contribution in [0.25, 0.3) is 0 Å². The van der Waals surface area contributed by atoms with E-state index in [1.807, 2.05) is 30.3 Å². The van der Waals surface area contributed by atoms with E-state index in [1.54, 1.807) is 28.6 Å². The maximum absolute atomic E-state index is 12.7. The summed E-state index contributed by atoms with van der Waals surface area (Å²) in [6.45, 7) is 1.22. The minimum Gasteiger partial charge on any atom is -0.396 e. The van der Waals surface area contributed by atoms with E-state index in [9.17, 15) is 13.2 Å². The molecule has 2 N–H and O–H groups in total. The summed E-state index contributed by atoms with van der Waals surface area (Å²) in [4.78, 5) is 12.9. The van der Waals surface area contributed by atoms with Gasteiger partial charge in [0.1, 0.15) is 0 Å². The van der Waals surface area contributed by atoms with E-state index in [0.717, 1.165) is 30.4 Å². The molecule has 0 aliphatic carbocycles. The van der Waals surface area contributed by atoms with Crippen molar-refractivity contribution in [2.45, 2.75) is 49.5 Å². The molecule has 0 aromatic heterocycles. The molecule has 0 spiro atoms. The van der Waals surface area contributed by atoms with Crippen LogP contribution >= 0.6 is 0 Å². The van der Waals surface area contributed by atoms with E-state index >= 15 is 0 Å². The number of sulfonamides is 1. The summed E-state index contributed by atoms with van der Waals surface area (Å²) in [5.74, 6) is -0.131. The monoisotopic (exact) mass is 430 g/mol. The average Bonchev–Trinajstić information content (AvgIpc) is 2.78. The summed E-state index contributed by atoms with van der Waals surface area (Å²) in [6, 6.07) is 16.1. The van der Waals surface area contributed by atoms with Crippen molar-refractivity contribution in [2.75, 3.05) is 19.7 Å². The van der Waals surface area contributed by atoms with Gasteiger partial charge in [-0.25, -0.2) is 8.42 Å². The van der Waals surface area contributed by atoms with E-state index in [4.69, 9.17) is 5.11 Å². The van der Waals surface area contributed by atoms with Gasteiger partial charge in [-0.3, -0.25) is 4.79 Å². The van der Waals surface area contributed by atoms with E-state index in [-0.39, 0.29) is 29.9 Å². The zero-order valence-electron chi connectivity index (χ0n) is 17.2. The van der Waals surface area contributed by atoms with Crippen LogP contribution in [0.1, 0.15) is 49.3 Å². The number of hydrogen-bond donors (Lipinski definition) is 2. The van der Waals surface area contributed by atoms with E-state index in [0.29, 0.717) is 25.9 Å². The van der Waals surface area contributed by atoms with Crippen molar-refractivity contribution < 1.29 is 18.3 Å². The third-order valence-corrected chi connectivity index (χ3v) is 7.34. The largest absolute Gasteiger partial charge is 0.396 e. The second kappa shape index (κ2) is 10.7. The molecule has 0 unspecified atom stereocenters. The molecule has 2 aromatic carbocycles. The number of carbonyl (C=O) groups excluding carboxylic acids is 1. The fourth-order valence-corrected chi connectivity index (χ4v) is 5.28. The molecule has 1 aliphatic rings. The van der Waals surface area contributed by atoms with Crippen molar-refractivity contribution in [3.8, 4) is 0 Å². The van der Waals surface area contributed by atoms with Gasteiger partial charge in [0, 0.05) is 19.7 Å². The van der Waals surface area contributed by atoms with Gasteiger partial charge in [0.05, 0.1) is 17.4 Å². The number of rotatable bonds is 9. The molecule has 0 radical (unpaired) electrons. The fraction of sp³-hybridized carbons (Fsp3) is 0.435. The molecule has 3 rings (SSSR count). The van der Waals surface area contributed by atoms with Crippen molar-refractivity contribution in [3.05, 3.63) is 65.7 Å². The Balaban J connectivity index is 1.63. The lowest BCUT2D eigenvalue weighted by Gasteiger charge is -2.25. The van der Waals surface area contributed by atoms with Gasteiger partial charge in [0.2, 0.25) is 15.9 Å². The predicted octanol–water partition coefficient (Wildman–Crippen LogP) is 3.03. The van der Waals surface area contributed by atoms with E-state index < -0.39 is 10.0 Å². The van der Waals surface area contributed by atoms with Crippen molar-refractivity contribution in [3.63, 3.8) is 0 Å². The minimum atomic E-state index is -3.46. The van der Waals surface area contributed by atoms with Crippen molar-refractivity contribution in [1.29, 1.82) is 0 Å². The van der Waals surface area contributed by atoms with Crippen molar-refractivity contribution in [1.82, 2.24) is 9.62 Å². The van der Waals surface area contributed by atoms with Gasteiger partial charge < -0.3 is 10.4 Å². The molecule has 1 heterocycles. The highest BCUT2D eigenvalue weighted by Crippen LogP contribution is 2.22. The Kier molecular flexibility index (Phi) is 8.01. The number of piperidine rings is 1. The molecule has 1 atom stereocenters. The number of nitrogens with zero attached hydrogens (tertiary/aromatic N) is 1.